The maximum atomic E-state index is 6.82. The SMILES string of the molecule is C=C/C(CCNCCCC1CCc2cccnc2C1)=C(CCN)\C(=C/C)N1CCN2CCCC2(N)C1. The normalized spacial score (nSPS) is 25.4. The van der Waals surface area contributed by atoms with Crippen molar-refractivity contribution < 1.29 is 0 Å². The molecule has 3 aliphatic rings. The van der Waals surface area contributed by atoms with Crippen LogP contribution in [0.3, 0.4) is 0 Å². The Morgan fingerprint density at radius 1 is 1.28 bits per heavy atom. The fourth-order valence-electron chi connectivity index (χ4n) is 6.58. The molecule has 5 N–H and O–H groups in total. The predicted octanol–water partition coefficient (Wildman–Crippen LogP) is 3.75. The Labute approximate surface area is 218 Å². The summed E-state index contributed by atoms with van der Waals surface area (Å²) in [5.41, 5.74) is 19.5. The zero-order chi connectivity index (χ0) is 25.4. The molecule has 1 aliphatic carbocycles. The standard InChI is InChI=1S/C30H48N6/c1-3-25(13-18-33-16-5-8-24-10-11-26-9-6-17-34-28(26)22-24)27(12-15-31)29(4-2)35-20-21-36-19-7-14-30(36,32)23-35/h3-4,6,9,17,24,33H,1,5,7-8,10-16,18-23,31-32H2,2H3/b27-25+,29-4+. The molecule has 36 heavy (non-hydrogen) atoms. The quantitative estimate of drug-likeness (QED) is 0.304. The van der Waals surface area contributed by atoms with Crippen LogP contribution in [0.1, 0.15) is 63.1 Å². The summed E-state index contributed by atoms with van der Waals surface area (Å²) in [6, 6.07) is 4.31. The molecule has 0 aromatic carbocycles. The summed E-state index contributed by atoms with van der Waals surface area (Å²) in [4.78, 5) is 9.58. The average molecular weight is 493 g/mol. The Morgan fingerprint density at radius 2 is 2.17 bits per heavy atom. The fraction of sp³-hybridized carbons (Fsp3) is 0.633. The summed E-state index contributed by atoms with van der Waals surface area (Å²) in [7, 11) is 0. The number of rotatable bonds is 12. The van der Waals surface area contributed by atoms with E-state index in [1.165, 1.54) is 60.2 Å². The van der Waals surface area contributed by atoms with Gasteiger partial charge in [0, 0.05) is 43.8 Å². The number of nitrogens with zero attached hydrogens (tertiary/aromatic N) is 3. The van der Waals surface area contributed by atoms with Crippen LogP contribution in [0.15, 0.2) is 53.9 Å². The van der Waals surface area contributed by atoms with E-state index in [1.807, 2.05) is 12.3 Å². The van der Waals surface area contributed by atoms with Crippen LogP contribution in [-0.2, 0) is 12.8 Å². The van der Waals surface area contributed by atoms with Crippen LogP contribution in [0.25, 0.3) is 0 Å². The van der Waals surface area contributed by atoms with E-state index < -0.39 is 0 Å². The minimum Gasteiger partial charge on any atom is -0.367 e. The van der Waals surface area contributed by atoms with Crippen molar-refractivity contribution >= 4 is 0 Å². The first kappa shape index (κ1) is 27.1. The first-order valence-corrected chi connectivity index (χ1v) is 14.2. The van der Waals surface area contributed by atoms with Crippen molar-refractivity contribution in [3.05, 3.63) is 65.2 Å². The van der Waals surface area contributed by atoms with Gasteiger partial charge in [-0.25, -0.2) is 0 Å². The van der Waals surface area contributed by atoms with Gasteiger partial charge in [-0.05, 0) is 113 Å². The molecule has 2 aliphatic heterocycles. The highest BCUT2D eigenvalue weighted by atomic mass is 15.4. The third kappa shape index (κ3) is 6.46. The molecule has 1 aromatic rings. The van der Waals surface area contributed by atoms with Gasteiger partial charge in [-0.2, -0.15) is 0 Å². The lowest BCUT2D eigenvalue weighted by Gasteiger charge is -2.47. The zero-order valence-corrected chi connectivity index (χ0v) is 22.5. The lowest BCUT2D eigenvalue weighted by atomic mass is 9.84. The van der Waals surface area contributed by atoms with Crippen molar-refractivity contribution in [1.82, 2.24) is 20.1 Å². The number of pyridine rings is 1. The van der Waals surface area contributed by atoms with E-state index in [0.717, 1.165) is 70.9 Å². The Bertz CT molecular complexity index is 937. The average Bonchev–Trinajstić information content (AvgIpc) is 3.29. The van der Waals surface area contributed by atoms with Crippen molar-refractivity contribution in [1.29, 1.82) is 0 Å². The molecule has 0 bridgehead atoms. The predicted molar refractivity (Wildman–Crippen MR) is 150 cm³/mol. The summed E-state index contributed by atoms with van der Waals surface area (Å²) < 4.78 is 0. The zero-order valence-electron chi connectivity index (χ0n) is 22.5. The third-order valence-electron chi connectivity index (χ3n) is 8.55. The van der Waals surface area contributed by atoms with E-state index in [-0.39, 0.29) is 5.66 Å². The number of allylic oxidation sites excluding steroid dienone is 3. The molecule has 198 valence electrons. The van der Waals surface area contributed by atoms with Crippen LogP contribution in [0.4, 0.5) is 0 Å². The minimum atomic E-state index is -0.188. The van der Waals surface area contributed by atoms with Gasteiger partial charge in [0.2, 0.25) is 0 Å². The van der Waals surface area contributed by atoms with Gasteiger partial charge in [-0.1, -0.05) is 24.8 Å². The van der Waals surface area contributed by atoms with Crippen LogP contribution >= 0.6 is 0 Å². The molecule has 0 spiro atoms. The first-order chi connectivity index (χ1) is 17.6. The van der Waals surface area contributed by atoms with E-state index in [4.69, 9.17) is 11.5 Å². The molecule has 3 heterocycles. The van der Waals surface area contributed by atoms with Crippen molar-refractivity contribution in [2.75, 3.05) is 45.8 Å². The van der Waals surface area contributed by atoms with Crippen LogP contribution < -0.4 is 16.8 Å². The molecule has 6 heteroatoms. The Balaban J connectivity index is 1.27. The van der Waals surface area contributed by atoms with Gasteiger partial charge in [0.1, 0.15) is 0 Å². The van der Waals surface area contributed by atoms with E-state index in [1.54, 1.807) is 0 Å². The molecule has 4 rings (SSSR count). The molecule has 6 nitrogen and oxygen atoms in total. The summed E-state index contributed by atoms with van der Waals surface area (Å²) in [5, 5.41) is 3.69. The van der Waals surface area contributed by atoms with Gasteiger partial charge in [-0.3, -0.25) is 9.88 Å². The van der Waals surface area contributed by atoms with Gasteiger partial charge in [-0.15, -0.1) is 0 Å². The van der Waals surface area contributed by atoms with Crippen molar-refractivity contribution in [2.45, 2.75) is 70.4 Å². The molecule has 2 unspecified atom stereocenters. The number of nitrogens with one attached hydrogen (secondary N) is 1. The molecule has 2 atom stereocenters. The summed E-state index contributed by atoms with van der Waals surface area (Å²) in [6.45, 7) is 13.1. The number of fused-ring (bicyclic) bond motifs is 2. The molecule has 2 saturated heterocycles. The molecule has 2 fully saturated rings. The number of hydrogen-bond acceptors (Lipinski definition) is 6. The molecule has 1 aromatic heterocycles. The lowest BCUT2D eigenvalue weighted by Crippen LogP contribution is -2.64. The van der Waals surface area contributed by atoms with Gasteiger partial charge in [0.05, 0.1) is 5.66 Å². The van der Waals surface area contributed by atoms with Gasteiger partial charge < -0.3 is 21.7 Å². The molecule has 0 amide bonds. The highest BCUT2D eigenvalue weighted by Gasteiger charge is 2.42. The third-order valence-corrected chi connectivity index (χ3v) is 8.55. The topological polar surface area (TPSA) is 83.4 Å². The Morgan fingerprint density at radius 3 is 2.97 bits per heavy atom. The summed E-state index contributed by atoms with van der Waals surface area (Å²) in [6.07, 6.45) is 16.5. The molecular weight excluding hydrogens is 444 g/mol. The van der Waals surface area contributed by atoms with E-state index >= 15 is 0 Å². The van der Waals surface area contributed by atoms with Crippen LogP contribution in [0.5, 0.6) is 0 Å². The van der Waals surface area contributed by atoms with E-state index in [0.29, 0.717) is 6.54 Å². The van der Waals surface area contributed by atoms with E-state index in [9.17, 15) is 0 Å². The number of nitrogens with two attached hydrogens (primary N) is 2. The molecular formula is C30H48N6. The van der Waals surface area contributed by atoms with Gasteiger partial charge >= 0.3 is 0 Å². The second-order valence-corrected chi connectivity index (χ2v) is 10.9. The van der Waals surface area contributed by atoms with Crippen LogP contribution in [0, 0.1) is 5.92 Å². The van der Waals surface area contributed by atoms with Crippen molar-refractivity contribution in [3.63, 3.8) is 0 Å². The molecule has 0 radical (unpaired) electrons. The number of aromatic nitrogens is 1. The first-order valence-electron chi connectivity index (χ1n) is 14.2. The summed E-state index contributed by atoms with van der Waals surface area (Å²) in [5.74, 6) is 0.775. The lowest BCUT2D eigenvalue weighted by molar-refractivity contribution is 0.0497. The largest absolute Gasteiger partial charge is 0.367 e. The maximum absolute atomic E-state index is 6.82. The highest BCUT2D eigenvalue weighted by molar-refractivity contribution is 5.39. The highest BCUT2D eigenvalue weighted by Crippen LogP contribution is 2.33. The number of piperazine rings is 1. The molecule has 0 saturated carbocycles. The van der Waals surface area contributed by atoms with Crippen LogP contribution in [0.2, 0.25) is 0 Å². The number of hydrogen-bond donors (Lipinski definition) is 3. The fourth-order valence-corrected chi connectivity index (χ4v) is 6.58. The second-order valence-electron chi connectivity index (χ2n) is 10.9. The summed E-state index contributed by atoms with van der Waals surface area (Å²) >= 11 is 0. The van der Waals surface area contributed by atoms with Crippen LogP contribution in [-0.4, -0.2) is 66.3 Å². The monoisotopic (exact) mass is 492 g/mol. The van der Waals surface area contributed by atoms with E-state index in [2.05, 4.69) is 51.8 Å². The van der Waals surface area contributed by atoms with Gasteiger partial charge in [0.15, 0.2) is 0 Å². The minimum absolute atomic E-state index is 0.188. The Hall–Kier alpha value is -1.99. The Kier molecular flexibility index (Phi) is 9.77. The smallest absolute Gasteiger partial charge is 0.0868 e. The van der Waals surface area contributed by atoms with Gasteiger partial charge in [0.25, 0.3) is 0 Å². The van der Waals surface area contributed by atoms with Crippen molar-refractivity contribution in [2.24, 2.45) is 17.4 Å². The number of aryl methyl sites for hydroxylation is 1. The second kappa shape index (κ2) is 13.0. The maximum Gasteiger partial charge on any atom is 0.0868 e. The van der Waals surface area contributed by atoms with Crippen molar-refractivity contribution in [3.8, 4) is 0 Å².